The number of methoxy groups -OCH3 is 1. The maximum absolute atomic E-state index is 12.8. The van der Waals surface area contributed by atoms with Crippen LogP contribution in [0.5, 0.6) is 5.75 Å². The third kappa shape index (κ3) is 3.50. The zero-order valence-corrected chi connectivity index (χ0v) is 14.1. The summed E-state index contributed by atoms with van der Waals surface area (Å²) in [5, 5.41) is 1.18. The third-order valence-corrected chi connectivity index (χ3v) is 4.83. The zero-order chi connectivity index (χ0) is 16.5. The molecule has 0 bridgehead atoms. The molecule has 6 heteroatoms. The van der Waals surface area contributed by atoms with Crippen LogP contribution >= 0.6 is 0 Å². The van der Waals surface area contributed by atoms with Crippen molar-refractivity contribution in [3.8, 4) is 5.75 Å². The molecule has 1 atom stereocenters. The van der Waals surface area contributed by atoms with Crippen molar-refractivity contribution in [1.82, 2.24) is 0 Å². The maximum Gasteiger partial charge on any atom is 0.232 e. The van der Waals surface area contributed by atoms with Crippen LogP contribution in [0.2, 0.25) is 0 Å². The fourth-order valence-electron chi connectivity index (χ4n) is 2.28. The van der Waals surface area contributed by atoms with E-state index in [4.69, 9.17) is 4.74 Å². The Morgan fingerprint density at radius 2 is 1.82 bits per heavy atom. The van der Waals surface area contributed by atoms with Crippen molar-refractivity contribution in [2.24, 2.45) is 5.41 Å². The molecule has 1 aromatic rings. The van der Waals surface area contributed by atoms with Gasteiger partial charge >= 0.3 is 0 Å². The Balaban J connectivity index is 2.41. The molecular formula is C16H21NO4S. The molecule has 0 saturated heterocycles. The Bertz CT molecular complexity index is 684. The number of ether oxygens (including phenoxy) is 1. The first-order valence-electron chi connectivity index (χ1n) is 7.03. The normalized spacial score (nSPS) is 19.9. The van der Waals surface area contributed by atoms with Crippen molar-refractivity contribution in [3.05, 3.63) is 35.7 Å². The summed E-state index contributed by atoms with van der Waals surface area (Å²) < 4.78 is 28.5. The molecule has 0 spiro atoms. The first-order chi connectivity index (χ1) is 10.1. The van der Waals surface area contributed by atoms with Gasteiger partial charge in [0.25, 0.3) is 0 Å². The van der Waals surface area contributed by atoms with Crippen LogP contribution in [0.4, 0.5) is 5.69 Å². The molecule has 0 aliphatic carbocycles. The Morgan fingerprint density at radius 1 is 1.23 bits per heavy atom. The average Bonchev–Trinajstić information content (AvgIpc) is 2.79. The van der Waals surface area contributed by atoms with Crippen molar-refractivity contribution in [1.29, 1.82) is 0 Å². The molecule has 2 rings (SSSR count). The summed E-state index contributed by atoms with van der Waals surface area (Å²) in [6.45, 7) is 5.46. The van der Waals surface area contributed by atoms with Gasteiger partial charge in [-0.1, -0.05) is 20.8 Å². The van der Waals surface area contributed by atoms with Crippen molar-refractivity contribution in [3.63, 3.8) is 0 Å². The van der Waals surface area contributed by atoms with Crippen LogP contribution in [0.1, 0.15) is 20.8 Å². The number of carbonyl (C=O) groups excluding carboxylic acids is 1. The average molecular weight is 323 g/mol. The molecule has 0 aromatic heterocycles. The number of rotatable bonds is 3. The van der Waals surface area contributed by atoms with E-state index in [2.05, 4.69) is 0 Å². The Labute approximate surface area is 131 Å². The van der Waals surface area contributed by atoms with Gasteiger partial charge in [-0.2, -0.15) is 0 Å². The highest BCUT2D eigenvalue weighted by Gasteiger charge is 2.36. The largest absolute Gasteiger partial charge is 0.497 e. The second-order valence-electron chi connectivity index (χ2n) is 6.35. The summed E-state index contributed by atoms with van der Waals surface area (Å²) in [5.41, 5.74) is 0.0487. The van der Waals surface area contributed by atoms with Crippen LogP contribution in [0, 0.1) is 5.41 Å². The maximum atomic E-state index is 12.8. The lowest BCUT2D eigenvalue weighted by atomic mass is 9.93. The SMILES string of the molecule is COc1ccc(N(C(=O)C(C)(C)C)[C@@H]2C=CS(=O)(=O)C2)cc1. The van der Waals surface area contributed by atoms with E-state index in [1.54, 1.807) is 42.4 Å². The van der Waals surface area contributed by atoms with Gasteiger partial charge in [-0.15, -0.1) is 0 Å². The van der Waals surface area contributed by atoms with Gasteiger partial charge in [0.1, 0.15) is 5.75 Å². The lowest BCUT2D eigenvalue weighted by molar-refractivity contribution is -0.126. The lowest BCUT2D eigenvalue weighted by Gasteiger charge is -2.33. The minimum Gasteiger partial charge on any atom is -0.497 e. The number of carbonyl (C=O) groups is 1. The van der Waals surface area contributed by atoms with E-state index in [1.807, 2.05) is 20.8 Å². The predicted octanol–water partition coefficient (Wildman–Crippen LogP) is 2.39. The molecule has 0 saturated carbocycles. The molecule has 0 fully saturated rings. The highest BCUT2D eigenvalue weighted by atomic mass is 32.2. The third-order valence-electron chi connectivity index (χ3n) is 3.45. The number of nitrogens with zero attached hydrogens (tertiary/aromatic N) is 1. The monoisotopic (exact) mass is 323 g/mol. The number of anilines is 1. The molecule has 120 valence electrons. The fraction of sp³-hybridized carbons (Fsp3) is 0.438. The highest BCUT2D eigenvalue weighted by molar-refractivity contribution is 7.94. The molecule has 1 heterocycles. The van der Waals surface area contributed by atoms with Crippen LogP contribution < -0.4 is 9.64 Å². The summed E-state index contributed by atoms with van der Waals surface area (Å²) in [7, 11) is -1.67. The summed E-state index contributed by atoms with van der Waals surface area (Å²) in [6, 6.07) is 6.56. The van der Waals surface area contributed by atoms with Crippen LogP contribution in [0.15, 0.2) is 35.7 Å². The van der Waals surface area contributed by atoms with E-state index in [9.17, 15) is 13.2 Å². The molecular weight excluding hydrogens is 302 g/mol. The van der Waals surface area contributed by atoms with Crippen molar-refractivity contribution < 1.29 is 17.9 Å². The van der Waals surface area contributed by atoms with E-state index in [0.29, 0.717) is 11.4 Å². The van der Waals surface area contributed by atoms with Crippen LogP contribution in [-0.4, -0.2) is 33.2 Å². The molecule has 0 radical (unpaired) electrons. The van der Waals surface area contributed by atoms with Crippen LogP contribution in [-0.2, 0) is 14.6 Å². The summed E-state index contributed by atoms with van der Waals surface area (Å²) in [6.07, 6.45) is 1.57. The summed E-state index contributed by atoms with van der Waals surface area (Å²) >= 11 is 0. The number of benzene rings is 1. The quantitative estimate of drug-likeness (QED) is 0.857. The van der Waals surface area contributed by atoms with E-state index in [0.717, 1.165) is 0 Å². The van der Waals surface area contributed by atoms with Gasteiger partial charge in [0, 0.05) is 16.5 Å². The summed E-state index contributed by atoms with van der Waals surface area (Å²) in [5.74, 6) is 0.479. The number of sulfone groups is 1. The van der Waals surface area contributed by atoms with Crippen molar-refractivity contribution in [2.75, 3.05) is 17.8 Å². The van der Waals surface area contributed by atoms with Gasteiger partial charge < -0.3 is 9.64 Å². The van der Waals surface area contributed by atoms with E-state index in [-0.39, 0.29) is 11.7 Å². The predicted molar refractivity (Wildman–Crippen MR) is 86.6 cm³/mol. The minimum absolute atomic E-state index is 0.0825. The first kappa shape index (κ1) is 16.5. The van der Waals surface area contributed by atoms with Crippen molar-refractivity contribution >= 4 is 21.4 Å². The fourth-order valence-corrected chi connectivity index (χ4v) is 3.55. The van der Waals surface area contributed by atoms with E-state index < -0.39 is 21.3 Å². The molecule has 0 unspecified atom stereocenters. The van der Waals surface area contributed by atoms with Crippen LogP contribution in [0.3, 0.4) is 0 Å². The Kier molecular flexibility index (Phi) is 4.33. The van der Waals surface area contributed by atoms with Gasteiger partial charge in [0.05, 0.1) is 18.9 Å². The molecule has 1 aliphatic heterocycles. The Hall–Kier alpha value is -1.82. The van der Waals surface area contributed by atoms with Crippen molar-refractivity contribution in [2.45, 2.75) is 26.8 Å². The second-order valence-corrected chi connectivity index (χ2v) is 8.28. The zero-order valence-electron chi connectivity index (χ0n) is 13.2. The number of hydrogen-bond donors (Lipinski definition) is 0. The van der Waals surface area contributed by atoms with Gasteiger partial charge in [0.15, 0.2) is 9.84 Å². The molecule has 1 aliphatic rings. The molecule has 0 N–H and O–H groups in total. The number of amides is 1. The smallest absolute Gasteiger partial charge is 0.232 e. The van der Waals surface area contributed by atoms with Gasteiger partial charge in [-0.3, -0.25) is 4.79 Å². The highest BCUT2D eigenvalue weighted by Crippen LogP contribution is 2.29. The topological polar surface area (TPSA) is 63.7 Å². The molecule has 1 aromatic carbocycles. The van der Waals surface area contributed by atoms with E-state index in [1.165, 1.54) is 5.41 Å². The van der Waals surface area contributed by atoms with Crippen LogP contribution in [0.25, 0.3) is 0 Å². The standard InChI is InChI=1S/C16H21NO4S/c1-16(2,3)15(18)17(13-9-10-22(19,20)11-13)12-5-7-14(21-4)8-6-12/h5-10,13H,11H2,1-4H3/t13-/m1/s1. The van der Waals surface area contributed by atoms with E-state index >= 15 is 0 Å². The summed E-state index contributed by atoms with van der Waals surface area (Å²) in [4.78, 5) is 14.3. The van der Waals surface area contributed by atoms with Gasteiger partial charge in [-0.25, -0.2) is 8.42 Å². The molecule has 1 amide bonds. The molecule has 22 heavy (non-hydrogen) atoms. The van der Waals surface area contributed by atoms with Gasteiger partial charge in [0.2, 0.25) is 5.91 Å². The lowest BCUT2D eigenvalue weighted by Crippen LogP contribution is -2.46. The first-order valence-corrected chi connectivity index (χ1v) is 8.74. The second kappa shape index (κ2) is 5.76. The molecule has 5 nitrogen and oxygen atoms in total. The number of hydrogen-bond acceptors (Lipinski definition) is 4. The minimum atomic E-state index is -3.24. The Morgan fingerprint density at radius 3 is 2.23 bits per heavy atom. The van der Waals surface area contributed by atoms with Gasteiger partial charge in [-0.05, 0) is 30.3 Å².